The smallest absolute Gasteiger partial charge is 0.251 e. The third kappa shape index (κ3) is 2.95. The topological polar surface area (TPSA) is 87.8 Å². The zero-order valence-electron chi connectivity index (χ0n) is 9.69. The van der Waals surface area contributed by atoms with Crippen molar-refractivity contribution >= 4 is 17.8 Å². The number of nitrogens with zero attached hydrogens (tertiary/aromatic N) is 2. The van der Waals surface area contributed by atoms with Crippen LogP contribution >= 0.6 is 0 Å². The Morgan fingerprint density at radius 2 is 2.31 bits per heavy atom. The van der Waals surface area contributed by atoms with E-state index < -0.39 is 6.04 Å². The summed E-state index contributed by atoms with van der Waals surface area (Å²) in [5.74, 6) is -0.124. The minimum absolute atomic E-state index is 0.146. The first-order valence-corrected chi connectivity index (χ1v) is 5.43. The van der Waals surface area contributed by atoms with E-state index >= 15 is 0 Å². The Labute approximate surface area is 94.9 Å². The van der Waals surface area contributed by atoms with Crippen molar-refractivity contribution in [3.05, 3.63) is 0 Å². The second kappa shape index (κ2) is 5.48. The summed E-state index contributed by atoms with van der Waals surface area (Å²) in [6, 6.07) is -0.427. The maximum Gasteiger partial charge on any atom is 0.251 e. The molecule has 0 aromatic rings. The van der Waals surface area contributed by atoms with Crippen LogP contribution in [0.5, 0.6) is 0 Å². The first-order valence-electron chi connectivity index (χ1n) is 5.43. The van der Waals surface area contributed by atoms with Crippen molar-refractivity contribution in [3.8, 4) is 0 Å². The van der Waals surface area contributed by atoms with Crippen LogP contribution in [0.3, 0.4) is 0 Å². The van der Waals surface area contributed by atoms with E-state index in [-0.39, 0.29) is 17.8 Å². The Balaban J connectivity index is 2.55. The van der Waals surface area contributed by atoms with Gasteiger partial charge in [-0.2, -0.15) is 0 Å². The highest BCUT2D eigenvalue weighted by Crippen LogP contribution is 2.10. The van der Waals surface area contributed by atoms with Crippen LogP contribution in [0.1, 0.15) is 26.2 Å². The number of amides is 2. The molecule has 1 atom stereocenters. The monoisotopic (exact) mass is 226 g/mol. The predicted molar refractivity (Wildman–Crippen MR) is 60.7 cm³/mol. The number of piperidine rings is 1. The fraction of sp³-hybridized carbons (Fsp3) is 0.700. The molecule has 90 valence electrons. The van der Waals surface area contributed by atoms with Crippen LogP contribution in [-0.4, -0.2) is 42.3 Å². The molecule has 0 aromatic carbocycles. The number of likely N-dealkylation sites (N-methyl/N-ethyl adjacent to an activating group) is 1. The van der Waals surface area contributed by atoms with E-state index in [0.717, 1.165) is 11.3 Å². The third-order valence-corrected chi connectivity index (χ3v) is 2.48. The van der Waals surface area contributed by atoms with E-state index in [1.54, 1.807) is 0 Å². The molecular weight excluding hydrogens is 208 g/mol. The third-order valence-electron chi connectivity index (χ3n) is 2.48. The van der Waals surface area contributed by atoms with Gasteiger partial charge in [-0.1, -0.05) is 6.92 Å². The average molecular weight is 226 g/mol. The molecule has 0 aliphatic carbocycles. The minimum Gasteiger partial charge on any atom is -0.370 e. The number of imide groups is 1. The molecule has 1 saturated heterocycles. The zero-order valence-corrected chi connectivity index (χ0v) is 9.69. The van der Waals surface area contributed by atoms with Gasteiger partial charge in [0.15, 0.2) is 5.96 Å². The van der Waals surface area contributed by atoms with Crippen LogP contribution in [0.25, 0.3) is 0 Å². The first kappa shape index (κ1) is 12.5. The molecule has 0 bridgehead atoms. The van der Waals surface area contributed by atoms with Gasteiger partial charge in [0, 0.05) is 20.0 Å². The van der Waals surface area contributed by atoms with Gasteiger partial charge in [0.2, 0.25) is 5.91 Å². The number of nitrogens with one attached hydrogen (secondary N) is 1. The van der Waals surface area contributed by atoms with Crippen molar-refractivity contribution in [3.63, 3.8) is 0 Å². The Morgan fingerprint density at radius 3 is 2.94 bits per heavy atom. The lowest BCUT2D eigenvalue weighted by Gasteiger charge is -2.28. The number of nitrogens with two attached hydrogens (primary N) is 1. The molecule has 6 heteroatoms. The van der Waals surface area contributed by atoms with Crippen molar-refractivity contribution in [1.82, 2.24) is 10.2 Å². The normalized spacial score (nSPS) is 22.5. The summed E-state index contributed by atoms with van der Waals surface area (Å²) in [6.45, 7) is 2.63. The highest BCUT2D eigenvalue weighted by molar-refractivity contribution is 6.01. The summed E-state index contributed by atoms with van der Waals surface area (Å²) in [4.78, 5) is 28.1. The van der Waals surface area contributed by atoms with E-state index in [9.17, 15) is 9.59 Å². The van der Waals surface area contributed by atoms with Crippen molar-refractivity contribution < 1.29 is 9.59 Å². The van der Waals surface area contributed by atoms with Gasteiger partial charge in [-0.05, 0) is 12.8 Å². The Bertz CT molecular complexity index is 314. The molecule has 0 aromatic heterocycles. The zero-order chi connectivity index (χ0) is 12.1. The number of hydrogen-bond acceptors (Lipinski definition) is 3. The van der Waals surface area contributed by atoms with Crippen LogP contribution < -0.4 is 11.1 Å². The fourth-order valence-electron chi connectivity index (χ4n) is 1.51. The molecule has 0 radical (unpaired) electrons. The molecule has 2 amide bonds. The molecule has 3 N–H and O–H groups in total. The van der Waals surface area contributed by atoms with Gasteiger partial charge in [-0.15, -0.1) is 0 Å². The number of aliphatic imine (C=N–C) groups is 1. The van der Waals surface area contributed by atoms with Gasteiger partial charge in [0.25, 0.3) is 5.91 Å². The molecule has 1 heterocycles. The number of likely N-dealkylation sites (tertiary alicyclic amines) is 1. The van der Waals surface area contributed by atoms with Crippen molar-refractivity contribution in [1.29, 1.82) is 0 Å². The van der Waals surface area contributed by atoms with E-state index in [2.05, 4.69) is 10.3 Å². The summed E-state index contributed by atoms with van der Waals surface area (Å²) < 4.78 is 0. The standard InChI is InChI=1S/C10H18N4O2/c1-3-6-12-10(11)13-7-4-5-8(15)14(2)9(7)16/h7H,3-6H2,1-2H3,(H3,11,12,13). The molecule has 1 aliphatic rings. The lowest BCUT2D eigenvalue weighted by atomic mass is 10.1. The summed E-state index contributed by atoms with van der Waals surface area (Å²) in [5, 5.41) is 2.84. The number of rotatable bonds is 3. The van der Waals surface area contributed by atoms with E-state index in [0.29, 0.717) is 19.4 Å². The molecular formula is C10H18N4O2. The number of carbonyl (C=O) groups excluding carboxylic acids is 2. The molecule has 0 spiro atoms. The van der Waals surface area contributed by atoms with Gasteiger partial charge in [0.1, 0.15) is 6.04 Å². The van der Waals surface area contributed by atoms with E-state index in [1.165, 1.54) is 7.05 Å². The van der Waals surface area contributed by atoms with Crippen molar-refractivity contribution in [2.75, 3.05) is 13.6 Å². The first-order chi connectivity index (χ1) is 7.56. The quantitative estimate of drug-likeness (QED) is 0.384. The van der Waals surface area contributed by atoms with Gasteiger partial charge in [-0.3, -0.25) is 19.5 Å². The average Bonchev–Trinajstić information content (AvgIpc) is 2.27. The predicted octanol–water partition coefficient (Wildman–Crippen LogP) is -0.552. The van der Waals surface area contributed by atoms with Gasteiger partial charge >= 0.3 is 0 Å². The number of guanidine groups is 1. The fourth-order valence-corrected chi connectivity index (χ4v) is 1.51. The van der Waals surface area contributed by atoms with Crippen molar-refractivity contribution in [2.45, 2.75) is 32.2 Å². The van der Waals surface area contributed by atoms with Gasteiger partial charge in [0.05, 0.1) is 0 Å². The lowest BCUT2D eigenvalue weighted by Crippen LogP contribution is -2.54. The Hall–Kier alpha value is -1.59. The van der Waals surface area contributed by atoms with Crippen LogP contribution in [0.4, 0.5) is 0 Å². The number of hydrogen-bond donors (Lipinski definition) is 2. The Kier molecular flexibility index (Phi) is 4.28. The SMILES string of the molecule is CCCN=C(N)NC1CCC(=O)N(C)C1=O. The molecule has 1 aliphatic heterocycles. The molecule has 1 rings (SSSR count). The van der Waals surface area contributed by atoms with Crippen LogP contribution in [-0.2, 0) is 9.59 Å². The van der Waals surface area contributed by atoms with Gasteiger partial charge < -0.3 is 11.1 Å². The maximum absolute atomic E-state index is 11.7. The van der Waals surface area contributed by atoms with E-state index in [1.807, 2.05) is 6.92 Å². The van der Waals surface area contributed by atoms with E-state index in [4.69, 9.17) is 5.73 Å². The number of carbonyl (C=O) groups is 2. The molecule has 6 nitrogen and oxygen atoms in total. The van der Waals surface area contributed by atoms with Gasteiger partial charge in [-0.25, -0.2) is 0 Å². The van der Waals surface area contributed by atoms with Crippen LogP contribution in [0.15, 0.2) is 4.99 Å². The molecule has 1 fully saturated rings. The largest absolute Gasteiger partial charge is 0.370 e. The van der Waals surface area contributed by atoms with Crippen LogP contribution in [0, 0.1) is 0 Å². The van der Waals surface area contributed by atoms with Crippen LogP contribution in [0.2, 0.25) is 0 Å². The summed E-state index contributed by atoms with van der Waals surface area (Å²) >= 11 is 0. The summed E-state index contributed by atoms with van der Waals surface area (Å²) in [5.41, 5.74) is 5.62. The highest BCUT2D eigenvalue weighted by Gasteiger charge is 2.31. The second-order valence-electron chi connectivity index (χ2n) is 3.79. The second-order valence-corrected chi connectivity index (χ2v) is 3.79. The Morgan fingerprint density at radius 1 is 1.62 bits per heavy atom. The van der Waals surface area contributed by atoms with Crippen molar-refractivity contribution in [2.24, 2.45) is 10.7 Å². The maximum atomic E-state index is 11.7. The summed E-state index contributed by atoms with van der Waals surface area (Å²) in [6.07, 6.45) is 1.74. The lowest BCUT2D eigenvalue weighted by molar-refractivity contribution is -0.147. The highest BCUT2D eigenvalue weighted by atomic mass is 16.2. The minimum atomic E-state index is -0.427. The summed E-state index contributed by atoms with van der Waals surface area (Å²) in [7, 11) is 1.48. The molecule has 16 heavy (non-hydrogen) atoms. The molecule has 1 unspecified atom stereocenters. The molecule has 0 saturated carbocycles.